The van der Waals surface area contributed by atoms with E-state index in [0.717, 1.165) is 17.6 Å². The van der Waals surface area contributed by atoms with Gasteiger partial charge >= 0.3 is 12.1 Å². The lowest BCUT2D eigenvalue weighted by molar-refractivity contribution is -0.138. The fourth-order valence-electron chi connectivity index (χ4n) is 2.53. The normalized spacial score (nSPS) is 11.8. The number of pyridine rings is 1. The van der Waals surface area contributed by atoms with Crippen LogP contribution in [0.4, 0.5) is 13.2 Å². The number of rotatable bonds is 4. The lowest BCUT2D eigenvalue weighted by Crippen LogP contribution is -2.04. The van der Waals surface area contributed by atoms with Gasteiger partial charge < -0.3 is 9.51 Å². The smallest absolute Gasteiger partial charge is 0.416 e. The maximum Gasteiger partial charge on any atom is 0.416 e. The fraction of sp³-hybridized carbons (Fsp3) is 0.176. The van der Waals surface area contributed by atoms with Crippen molar-refractivity contribution in [2.45, 2.75) is 19.0 Å². The molecule has 124 valence electrons. The van der Waals surface area contributed by atoms with Crippen molar-refractivity contribution in [3.8, 4) is 11.3 Å². The van der Waals surface area contributed by atoms with Gasteiger partial charge in [0.05, 0.1) is 23.2 Å². The Bertz CT molecular complexity index is 883. The quantitative estimate of drug-likeness (QED) is 0.783. The average Bonchev–Trinajstić information content (AvgIpc) is 2.91. The predicted molar refractivity (Wildman–Crippen MR) is 81.6 cm³/mol. The van der Waals surface area contributed by atoms with Gasteiger partial charge in [-0.25, -0.2) is 4.98 Å². The monoisotopic (exact) mass is 334 g/mol. The molecule has 1 aromatic carbocycles. The molecular formula is C17H13F3N2O2. The zero-order chi connectivity index (χ0) is 17.3. The number of carbonyl (C=O) groups is 1. The van der Waals surface area contributed by atoms with Crippen LogP contribution in [0.3, 0.4) is 0 Å². The molecule has 0 unspecified atom stereocenters. The minimum atomic E-state index is -4.39. The molecule has 3 rings (SSSR count). The van der Waals surface area contributed by atoms with Crippen LogP contribution in [0, 0.1) is 0 Å². The average molecular weight is 334 g/mol. The Morgan fingerprint density at radius 2 is 1.83 bits per heavy atom. The van der Waals surface area contributed by atoms with Gasteiger partial charge in [0.25, 0.3) is 0 Å². The molecular weight excluding hydrogens is 321 g/mol. The number of hydrogen-bond acceptors (Lipinski definition) is 2. The fourth-order valence-corrected chi connectivity index (χ4v) is 2.53. The molecule has 2 aromatic heterocycles. The van der Waals surface area contributed by atoms with E-state index in [1.165, 1.54) is 12.1 Å². The molecule has 1 N–H and O–H groups in total. The summed E-state index contributed by atoms with van der Waals surface area (Å²) in [6.45, 7) is 0. The van der Waals surface area contributed by atoms with Crippen LogP contribution in [0.25, 0.3) is 16.8 Å². The zero-order valence-electron chi connectivity index (χ0n) is 12.4. The van der Waals surface area contributed by atoms with E-state index in [4.69, 9.17) is 5.11 Å². The second-order valence-electron chi connectivity index (χ2n) is 5.30. The van der Waals surface area contributed by atoms with Crippen LogP contribution in [0.1, 0.15) is 17.8 Å². The molecule has 0 radical (unpaired) electrons. The van der Waals surface area contributed by atoms with Gasteiger partial charge in [-0.3, -0.25) is 4.79 Å². The molecule has 0 amide bonds. The highest BCUT2D eigenvalue weighted by molar-refractivity contribution is 5.78. The largest absolute Gasteiger partial charge is 0.481 e. The summed E-state index contributed by atoms with van der Waals surface area (Å²) in [6, 6.07) is 10.2. The molecule has 0 saturated heterocycles. The number of imidazole rings is 1. The number of aliphatic carboxylic acids is 1. The van der Waals surface area contributed by atoms with E-state index in [2.05, 4.69) is 4.98 Å². The van der Waals surface area contributed by atoms with E-state index in [1.54, 1.807) is 28.8 Å². The van der Waals surface area contributed by atoms with Gasteiger partial charge in [0.1, 0.15) is 5.82 Å². The first kappa shape index (κ1) is 16.0. The topological polar surface area (TPSA) is 54.6 Å². The number of carboxylic acid groups (broad SMARTS) is 1. The SMILES string of the molecule is O=C(O)CCc1nc(-c2ccc(C(F)(F)F)cc2)c2ccccn12. The van der Waals surface area contributed by atoms with Crippen molar-refractivity contribution >= 4 is 11.5 Å². The van der Waals surface area contributed by atoms with Gasteiger partial charge in [-0.1, -0.05) is 18.2 Å². The number of halogens is 3. The molecule has 0 fully saturated rings. The number of aromatic nitrogens is 2. The Labute approximate surface area is 135 Å². The minimum Gasteiger partial charge on any atom is -0.481 e. The summed E-state index contributed by atoms with van der Waals surface area (Å²) in [6.07, 6.45) is -2.46. The van der Waals surface area contributed by atoms with E-state index >= 15 is 0 Å². The Morgan fingerprint density at radius 1 is 1.12 bits per heavy atom. The molecule has 0 bridgehead atoms. The summed E-state index contributed by atoms with van der Waals surface area (Å²) in [5.74, 6) is -0.373. The number of fused-ring (bicyclic) bond motifs is 1. The molecule has 24 heavy (non-hydrogen) atoms. The summed E-state index contributed by atoms with van der Waals surface area (Å²) in [5.41, 5.74) is 1.08. The first-order valence-electron chi connectivity index (χ1n) is 7.21. The summed E-state index contributed by atoms with van der Waals surface area (Å²) in [5, 5.41) is 8.83. The third kappa shape index (κ3) is 3.10. The van der Waals surface area contributed by atoms with Crippen molar-refractivity contribution < 1.29 is 23.1 Å². The van der Waals surface area contributed by atoms with Crippen molar-refractivity contribution in [3.63, 3.8) is 0 Å². The van der Waals surface area contributed by atoms with Crippen LogP contribution in [0.5, 0.6) is 0 Å². The maximum absolute atomic E-state index is 12.7. The Hall–Kier alpha value is -2.83. The maximum atomic E-state index is 12.7. The molecule has 0 aliphatic carbocycles. The number of aryl methyl sites for hydroxylation is 1. The molecule has 2 heterocycles. The number of carboxylic acids is 1. The van der Waals surface area contributed by atoms with Crippen molar-refractivity contribution in [3.05, 3.63) is 60.0 Å². The third-order valence-corrected chi connectivity index (χ3v) is 3.67. The predicted octanol–water partition coefficient (Wildman–Crippen LogP) is 4.04. The first-order valence-corrected chi connectivity index (χ1v) is 7.21. The van der Waals surface area contributed by atoms with Gasteiger partial charge in [-0.05, 0) is 24.3 Å². The van der Waals surface area contributed by atoms with E-state index < -0.39 is 17.7 Å². The van der Waals surface area contributed by atoms with Gasteiger partial charge in [-0.2, -0.15) is 13.2 Å². The van der Waals surface area contributed by atoms with Gasteiger partial charge in [0.15, 0.2) is 0 Å². The minimum absolute atomic E-state index is 0.0690. The highest BCUT2D eigenvalue weighted by Crippen LogP contribution is 2.32. The molecule has 0 aliphatic rings. The van der Waals surface area contributed by atoms with Crippen molar-refractivity contribution in [1.82, 2.24) is 9.38 Å². The van der Waals surface area contributed by atoms with Crippen LogP contribution in [0.15, 0.2) is 48.7 Å². The van der Waals surface area contributed by atoms with E-state index in [-0.39, 0.29) is 12.8 Å². The van der Waals surface area contributed by atoms with Crippen molar-refractivity contribution in [1.29, 1.82) is 0 Å². The van der Waals surface area contributed by atoms with Crippen LogP contribution < -0.4 is 0 Å². The van der Waals surface area contributed by atoms with Crippen LogP contribution in [-0.2, 0) is 17.4 Å². The second kappa shape index (κ2) is 5.99. The lowest BCUT2D eigenvalue weighted by atomic mass is 10.1. The Kier molecular flexibility index (Phi) is 4.01. The lowest BCUT2D eigenvalue weighted by Gasteiger charge is -2.06. The highest BCUT2D eigenvalue weighted by Gasteiger charge is 2.30. The second-order valence-corrected chi connectivity index (χ2v) is 5.30. The number of hydrogen-bond donors (Lipinski definition) is 1. The molecule has 0 saturated carbocycles. The Morgan fingerprint density at radius 3 is 2.46 bits per heavy atom. The summed E-state index contributed by atoms with van der Waals surface area (Å²) in [4.78, 5) is 15.2. The molecule has 0 aliphatic heterocycles. The number of nitrogens with zero attached hydrogens (tertiary/aromatic N) is 2. The molecule has 7 heteroatoms. The Balaban J connectivity index is 2.04. The van der Waals surface area contributed by atoms with E-state index in [9.17, 15) is 18.0 Å². The van der Waals surface area contributed by atoms with Crippen molar-refractivity contribution in [2.75, 3.05) is 0 Å². The van der Waals surface area contributed by atoms with Crippen LogP contribution in [0.2, 0.25) is 0 Å². The number of benzene rings is 1. The van der Waals surface area contributed by atoms with Crippen molar-refractivity contribution in [2.24, 2.45) is 0 Å². The molecule has 4 nitrogen and oxygen atoms in total. The van der Waals surface area contributed by atoms with Crippen LogP contribution >= 0.6 is 0 Å². The van der Waals surface area contributed by atoms with Crippen LogP contribution in [-0.4, -0.2) is 20.5 Å². The van der Waals surface area contributed by atoms with E-state index in [0.29, 0.717) is 17.1 Å². The van der Waals surface area contributed by atoms with Gasteiger partial charge in [-0.15, -0.1) is 0 Å². The van der Waals surface area contributed by atoms with Gasteiger partial charge in [0.2, 0.25) is 0 Å². The summed E-state index contributed by atoms with van der Waals surface area (Å²) >= 11 is 0. The summed E-state index contributed by atoms with van der Waals surface area (Å²) < 4.78 is 39.8. The number of alkyl halides is 3. The standard InChI is InChI=1S/C17H13F3N2O2/c18-17(19,20)12-6-4-11(5-7-12)16-13-3-1-2-10-22(13)14(21-16)8-9-15(23)24/h1-7,10H,8-9H2,(H,23,24). The molecule has 0 atom stereocenters. The highest BCUT2D eigenvalue weighted by atomic mass is 19.4. The molecule has 3 aromatic rings. The van der Waals surface area contributed by atoms with Gasteiger partial charge in [0, 0.05) is 18.2 Å². The molecule has 0 spiro atoms. The zero-order valence-corrected chi connectivity index (χ0v) is 12.4. The third-order valence-electron chi connectivity index (χ3n) is 3.67. The van der Waals surface area contributed by atoms with E-state index in [1.807, 2.05) is 0 Å². The first-order chi connectivity index (χ1) is 11.4. The summed E-state index contributed by atoms with van der Waals surface area (Å²) in [7, 11) is 0.